The van der Waals surface area contributed by atoms with Crippen LogP contribution in [0.3, 0.4) is 0 Å². The number of carboxylic acids is 1. The molecule has 0 aliphatic heterocycles. The van der Waals surface area contributed by atoms with E-state index in [1.807, 2.05) is 13.8 Å². The lowest BCUT2D eigenvalue weighted by Gasteiger charge is -2.15. The Morgan fingerprint density at radius 1 is 1.27 bits per heavy atom. The molecule has 0 bridgehead atoms. The fourth-order valence-corrected chi connectivity index (χ4v) is 2.88. The molecule has 1 atom stereocenters. The van der Waals surface area contributed by atoms with Gasteiger partial charge in [0.05, 0.1) is 5.92 Å². The van der Waals surface area contributed by atoms with Crippen LogP contribution >= 0.6 is 0 Å². The van der Waals surface area contributed by atoms with E-state index in [0.29, 0.717) is 12.1 Å². The zero-order chi connectivity index (χ0) is 16.1. The van der Waals surface area contributed by atoms with E-state index in [1.165, 1.54) is 0 Å². The fourth-order valence-electron chi connectivity index (χ4n) is 2.88. The van der Waals surface area contributed by atoms with Crippen LogP contribution in [-0.2, 0) is 17.6 Å². The third-order valence-electron chi connectivity index (χ3n) is 4.03. The molecule has 1 aromatic heterocycles. The van der Waals surface area contributed by atoms with E-state index >= 15 is 0 Å². The number of hydrogen-bond acceptors (Lipinski definition) is 4. The minimum Gasteiger partial charge on any atom is -0.481 e. The first-order chi connectivity index (χ1) is 10.5. The van der Waals surface area contributed by atoms with Crippen LogP contribution in [0.1, 0.15) is 61.3 Å². The third kappa shape index (κ3) is 4.08. The molecule has 0 saturated carbocycles. The SMILES string of the molecule is CC(C)CC(CNC(=O)c1noc2c1CCCCC2)C(=O)O. The van der Waals surface area contributed by atoms with Crippen molar-refractivity contribution in [2.75, 3.05) is 6.54 Å². The van der Waals surface area contributed by atoms with Gasteiger partial charge >= 0.3 is 5.97 Å². The van der Waals surface area contributed by atoms with Crippen LogP contribution in [0, 0.1) is 11.8 Å². The number of nitrogens with zero attached hydrogens (tertiary/aromatic N) is 1. The molecule has 0 aromatic carbocycles. The molecular formula is C16H24N2O4. The second kappa shape index (κ2) is 7.42. The molecule has 1 aromatic rings. The molecule has 0 radical (unpaired) electrons. The van der Waals surface area contributed by atoms with Crippen molar-refractivity contribution in [3.63, 3.8) is 0 Å². The van der Waals surface area contributed by atoms with Crippen LogP contribution in [0.4, 0.5) is 0 Å². The lowest BCUT2D eigenvalue weighted by atomic mass is 9.97. The predicted octanol–water partition coefficient (Wildman–Crippen LogP) is 2.42. The van der Waals surface area contributed by atoms with Crippen LogP contribution in [0.5, 0.6) is 0 Å². The molecule has 22 heavy (non-hydrogen) atoms. The fraction of sp³-hybridized carbons (Fsp3) is 0.688. The van der Waals surface area contributed by atoms with Gasteiger partial charge in [-0.05, 0) is 31.6 Å². The van der Waals surface area contributed by atoms with Gasteiger partial charge in [0.1, 0.15) is 5.76 Å². The van der Waals surface area contributed by atoms with Crippen molar-refractivity contribution in [3.05, 3.63) is 17.0 Å². The van der Waals surface area contributed by atoms with Gasteiger partial charge in [0, 0.05) is 18.5 Å². The number of hydrogen-bond donors (Lipinski definition) is 2. The standard InChI is InChI=1S/C16H24N2O4/c1-10(2)8-11(16(20)21)9-17-15(19)14-12-6-4-3-5-7-13(12)22-18-14/h10-11H,3-9H2,1-2H3,(H,17,19)(H,20,21). The highest BCUT2D eigenvalue weighted by Gasteiger charge is 2.25. The second-order valence-electron chi connectivity index (χ2n) is 6.37. The van der Waals surface area contributed by atoms with E-state index in [0.717, 1.165) is 43.4 Å². The minimum atomic E-state index is -0.881. The van der Waals surface area contributed by atoms with Crippen molar-refractivity contribution in [2.24, 2.45) is 11.8 Å². The molecule has 122 valence electrons. The topological polar surface area (TPSA) is 92.4 Å². The number of aromatic nitrogens is 1. The molecule has 0 fully saturated rings. The highest BCUT2D eigenvalue weighted by Crippen LogP contribution is 2.23. The summed E-state index contributed by atoms with van der Waals surface area (Å²) in [5, 5.41) is 15.8. The van der Waals surface area contributed by atoms with Crippen molar-refractivity contribution in [1.29, 1.82) is 0 Å². The molecule has 1 heterocycles. The summed E-state index contributed by atoms with van der Waals surface area (Å²) < 4.78 is 5.28. The monoisotopic (exact) mass is 308 g/mol. The number of carboxylic acid groups (broad SMARTS) is 1. The number of amides is 1. The zero-order valence-corrected chi connectivity index (χ0v) is 13.2. The van der Waals surface area contributed by atoms with E-state index in [1.54, 1.807) is 0 Å². The average molecular weight is 308 g/mol. The number of fused-ring (bicyclic) bond motifs is 1. The summed E-state index contributed by atoms with van der Waals surface area (Å²) in [5.74, 6) is -0.717. The molecule has 2 rings (SSSR count). The van der Waals surface area contributed by atoms with Crippen molar-refractivity contribution < 1.29 is 19.2 Å². The van der Waals surface area contributed by atoms with Crippen LogP contribution in [0.15, 0.2) is 4.52 Å². The van der Waals surface area contributed by atoms with E-state index < -0.39 is 11.9 Å². The summed E-state index contributed by atoms with van der Waals surface area (Å²) in [6.07, 6.45) is 5.36. The maximum Gasteiger partial charge on any atom is 0.308 e. The Morgan fingerprint density at radius 3 is 2.68 bits per heavy atom. The molecule has 1 aliphatic rings. The maximum atomic E-state index is 12.3. The third-order valence-corrected chi connectivity index (χ3v) is 4.03. The summed E-state index contributed by atoms with van der Waals surface area (Å²) in [6.45, 7) is 4.05. The Hall–Kier alpha value is -1.85. The van der Waals surface area contributed by atoms with Crippen molar-refractivity contribution in [3.8, 4) is 0 Å². The minimum absolute atomic E-state index is 0.119. The number of carbonyl (C=O) groups is 2. The molecule has 6 nitrogen and oxygen atoms in total. The van der Waals surface area contributed by atoms with Crippen LogP contribution in [-0.4, -0.2) is 28.7 Å². The number of aryl methyl sites for hydroxylation is 1. The van der Waals surface area contributed by atoms with Gasteiger partial charge in [-0.3, -0.25) is 9.59 Å². The summed E-state index contributed by atoms with van der Waals surface area (Å²) >= 11 is 0. The number of rotatable bonds is 6. The maximum absolute atomic E-state index is 12.3. The van der Waals surface area contributed by atoms with Crippen molar-refractivity contribution in [2.45, 2.75) is 52.4 Å². The van der Waals surface area contributed by atoms with Crippen LogP contribution in [0.2, 0.25) is 0 Å². The number of carbonyl (C=O) groups excluding carboxylic acids is 1. The van der Waals surface area contributed by atoms with Gasteiger partial charge in [0.15, 0.2) is 5.69 Å². The highest BCUT2D eigenvalue weighted by molar-refractivity contribution is 5.94. The molecular weight excluding hydrogens is 284 g/mol. The Kier molecular flexibility index (Phi) is 5.57. The van der Waals surface area contributed by atoms with Crippen molar-refractivity contribution >= 4 is 11.9 Å². The molecule has 1 aliphatic carbocycles. The van der Waals surface area contributed by atoms with E-state index in [2.05, 4.69) is 10.5 Å². The first-order valence-corrected chi connectivity index (χ1v) is 7.97. The van der Waals surface area contributed by atoms with Gasteiger partial charge in [0.2, 0.25) is 0 Å². The lowest BCUT2D eigenvalue weighted by molar-refractivity contribution is -0.142. The van der Waals surface area contributed by atoms with E-state index in [9.17, 15) is 14.7 Å². The van der Waals surface area contributed by atoms with Crippen LogP contribution < -0.4 is 5.32 Å². The Labute approximate surface area is 130 Å². The van der Waals surface area contributed by atoms with Gasteiger partial charge in [-0.25, -0.2) is 0 Å². The highest BCUT2D eigenvalue weighted by atomic mass is 16.5. The normalized spacial score (nSPS) is 16.0. The van der Waals surface area contributed by atoms with Gasteiger partial charge in [0.25, 0.3) is 5.91 Å². The smallest absolute Gasteiger partial charge is 0.308 e. The Bertz CT molecular complexity index is 536. The van der Waals surface area contributed by atoms with Gasteiger partial charge < -0.3 is 14.9 Å². The average Bonchev–Trinajstić information content (AvgIpc) is 2.71. The summed E-state index contributed by atoms with van der Waals surface area (Å²) in [4.78, 5) is 23.5. The molecule has 0 spiro atoms. The van der Waals surface area contributed by atoms with E-state index in [4.69, 9.17) is 4.52 Å². The van der Waals surface area contributed by atoms with E-state index in [-0.39, 0.29) is 18.4 Å². The molecule has 2 N–H and O–H groups in total. The molecule has 6 heteroatoms. The zero-order valence-electron chi connectivity index (χ0n) is 13.2. The molecule has 1 amide bonds. The summed E-state index contributed by atoms with van der Waals surface area (Å²) in [5.41, 5.74) is 1.22. The van der Waals surface area contributed by atoms with Gasteiger partial charge in [-0.15, -0.1) is 0 Å². The second-order valence-corrected chi connectivity index (χ2v) is 6.37. The van der Waals surface area contributed by atoms with Gasteiger partial charge in [-0.1, -0.05) is 25.4 Å². The first kappa shape index (κ1) is 16.5. The molecule has 1 unspecified atom stereocenters. The Balaban J connectivity index is 2.00. The summed E-state index contributed by atoms with van der Waals surface area (Å²) in [7, 11) is 0. The quantitative estimate of drug-likeness (QED) is 0.787. The number of aliphatic carboxylic acids is 1. The predicted molar refractivity (Wildman–Crippen MR) is 80.7 cm³/mol. The lowest BCUT2D eigenvalue weighted by Crippen LogP contribution is -2.34. The number of nitrogens with one attached hydrogen (secondary N) is 1. The molecule has 0 saturated heterocycles. The van der Waals surface area contributed by atoms with Crippen molar-refractivity contribution in [1.82, 2.24) is 10.5 Å². The summed E-state index contributed by atoms with van der Waals surface area (Å²) in [6, 6.07) is 0. The Morgan fingerprint density at radius 2 is 2.00 bits per heavy atom. The largest absolute Gasteiger partial charge is 0.481 e. The van der Waals surface area contributed by atoms with Gasteiger partial charge in [-0.2, -0.15) is 0 Å². The van der Waals surface area contributed by atoms with Crippen LogP contribution in [0.25, 0.3) is 0 Å². The first-order valence-electron chi connectivity index (χ1n) is 7.97.